The monoisotopic (exact) mass is 292 g/mol. The van der Waals surface area contributed by atoms with E-state index in [1.165, 1.54) is 36.1 Å². The molecule has 0 spiro atoms. The van der Waals surface area contributed by atoms with E-state index in [1.54, 1.807) is 11.3 Å². The van der Waals surface area contributed by atoms with Crippen LogP contribution >= 0.6 is 11.3 Å². The molecule has 0 radical (unpaired) electrons. The fourth-order valence-electron chi connectivity index (χ4n) is 3.30. The Kier molecular flexibility index (Phi) is 4.41. The van der Waals surface area contributed by atoms with Gasteiger partial charge in [-0.05, 0) is 76.1 Å². The highest BCUT2D eigenvalue weighted by Gasteiger charge is 2.23. The summed E-state index contributed by atoms with van der Waals surface area (Å²) in [5, 5.41) is 6.63. The van der Waals surface area contributed by atoms with Crippen molar-refractivity contribution in [3.63, 3.8) is 0 Å². The zero-order valence-corrected chi connectivity index (χ0v) is 13.0. The molecule has 1 fully saturated rings. The van der Waals surface area contributed by atoms with E-state index in [-0.39, 0.29) is 11.9 Å². The summed E-state index contributed by atoms with van der Waals surface area (Å²) in [6.45, 7) is 4.29. The van der Waals surface area contributed by atoms with Gasteiger partial charge in [0.2, 0.25) is 0 Å². The first-order valence-electron chi connectivity index (χ1n) is 7.87. The predicted molar refractivity (Wildman–Crippen MR) is 83.5 cm³/mol. The summed E-state index contributed by atoms with van der Waals surface area (Å²) in [5.41, 5.74) is 1.42. The first kappa shape index (κ1) is 14.1. The standard InChI is InChI=1S/C16H24N2OS/c1-11(13-6-4-8-17-10-13)18-16(19)15-9-12-5-2-3-7-14(12)20-15/h9,11,13,17H,2-8,10H2,1H3,(H,18,19). The third-order valence-corrected chi connectivity index (χ3v) is 5.86. The zero-order valence-electron chi connectivity index (χ0n) is 12.2. The van der Waals surface area contributed by atoms with Gasteiger partial charge in [-0.1, -0.05) is 0 Å². The van der Waals surface area contributed by atoms with Crippen LogP contribution in [0.15, 0.2) is 6.07 Å². The molecular weight excluding hydrogens is 268 g/mol. The zero-order chi connectivity index (χ0) is 13.9. The second kappa shape index (κ2) is 6.27. The quantitative estimate of drug-likeness (QED) is 0.899. The lowest BCUT2D eigenvalue weighted by molar-refractivity contribution is 0.0926. The van der Waals surface area contributed by atoms with E-state index in [0.29, 0.717) is 5.92 Å². The Morgan fingerprint density at radius 2 is 2.25 bits per heavy atom. The number of amides is 1. The summed E-state index contributed by atoms with van der Waals surface area (Å²) < 4.78 is 0. The summed E-state index contributed by atoms with van der Waals surface area (Å²) in [6, 6.07) is 2.38. The molecule has 2 atom stereocenters. The number of carbonyl (C=O) groups is 1. The van der Waals surface area contributed by atoms with Gasteiger partial charge in [-0.15, -0.1) is 11.3 Å². The number of piperidine rings is 1. The van der Waals surface area contributed by atoms with Gasteiger partial charge in [-0.2, -0.15) is 0 Å². The number of nitrogens with one attached hydrogen (secondary N) is 2. The van der Waals surface area contributed by atoms with E-state index in [1.807, 2.05) is 0 Å². The van der Waals surface area contributed by atoms with E-state index in [4.69, 9.17) is 0 Å². The molecule has 2 aliphatic rings. The molecule has 2 N–H and O–H groups in total. The van der Waals surface area contributed by atoms with E-state index in [0.717, 1.165) is 30.8 Å². The summed E-state index contributed by atoms with van der Waals surface area (Å²) >= 11 is 1.70. The second-order valence-electron chi connectivity index (χ2n) is 6.13. The fraction of sp³-hybridized carbons (Fsp3) is 0.688. The third kappa shape index (κ3) is 3.07. The fourth-order valence-corrected chi connectivity index (χ4v) is 4.46. The van der Waals surface area contributed by atoms with Gasteiger partial charge in [0.05, 0.1) is 4.88 Å². The number of aryl methyl sites for hydroxylation is 2. The number of carbonyl (C=O) groups excluding carboxylic acids is 1. The molecule has 1 amide bonds. The smallest absolute Gasteiger partial charge is 0.261 e. The van der Waals surface area contributed by atoms with Crippen LogP contribution in [0.1, 0.15) is 52.7 Å². The van der Waals surface area contributed by atoms with Crippen molar-refractivity contribution in [2.45, 2.75) is 51.5 Å². The largest absolute Gasteiger partial charge is 0.349 e. The van der Waals surface area contributed by atoms with Crippen LogP contribution in [0.2, 0.25) is 0 Å². The molecule has 1 saturated heterocycles. The maximum atomic E-state index is 12.4. The Balaban J connectivity index is 1.62. The van der Waals surface area contributed by atoms with Gasteiger partial charge in [0, 0.05) is 10.9 Å². The Bertz CT molecular complexity index is 453. The van der Waals surface area contributed by atoms with Crippen molar-refractivity contribution in [3.05, 3.63) is 21.4 Å². The van der Waals surface area contributed by atoms with Crippen molar-refractivity contribution in [3.8, 4) is 0 Å². The van der Waals surface area contributed by atoms with Gasteiger partial charge in [-0.25, -0.2) is 0 Å². The van der Waals surface area contributed by atoms with Crippen LogP contribution in [0.5, 0.6) is 0 Å². The number of fused-ring (bicyclic) bond motifs is 1. The number of thiophene rings is 1. The van der Waals surface area contributed by atoms with Gasteiger partial charge in [0.25, 0.3) is 5.91 Å². The van der Waals surface area contributed by atoms with Crippen LogP contribution in [0.4, 0.5) is 0 Å². The summed E-state index contributed by atoms with van der Waals surface area (Å²) in [7, 11) is 0. The average Bonchev–Trinajstić information content (AvgIpc) is 2.92. The Morgan fingerprint density at radius 3 is 3.00 bits per heavy atom. The van der Waals surface area contributed by atoms with Crippen molar-refractivity contribution in [2.24, 2.45) is 5.92 Å². The van der Waals surface area contributed by atoms with Gasteiger partial charge >= 0.3 is 0 Å². The van der Waals surface area contributed by atoms with Crippen LogP contribution in [0.25, 0.3) is 0 Å². The molecule has 20 heavy (non-hydrogen) atoms. The first-order chi connectivity index (χ1) is 9.74. The lowest BCUT2D eigenvalue weighted by atomic mass is 9.93. The first-order valence-corrected chi connectivity index (χ1v) is 8.69. The van der Waals surface area contributed by atoms with Crippen LogP contribution in [-0.4, -0.2) is 25.0 Å². The maximum absolute atomic E-state index is 12.4. The van der Waals surface area contributed by atoms with Gasteiger partial charge in [-0.3, -0.25) is 4.79 Å². The molecule has 1 aliphatic carbocycles. The van der Waals surface area contributed by atoms with Gasteiger partial charge in [0.15, 0.2) is 0 Å². The maximum Gasteiger partial charge on any atom is 0.261 e. The lowest BCUT2D eigenvalue weighted by Gasteiger charge is -2.28. The normalized spacial score (nSPS) is 23.9. The van der Waals surface area contributed by atoms with E-state index in [2.05, 4.69) is 23.6 Å². The van der Waals surface area contributed by atoms with E-state index >= 15 is 0 Å². The number of hydrogen-bond acceptors (Lipinski definition) is 3. The number of rotatable bonds is 3. The molecule has 110 valence electrons. The van der Waals surface area contributed by atoms with Crippen molar-refractivity contribution in [2.75, 3.05) is 13.1 Å². The van der Waals surface area contributed by atoms with Crippen LogP contribution < -0.4 is 10.6 Å². The third-order valence-electron chi connectivity index (χ3n) is 4.62. The molecule has 2 heterocycles. The molecule has 1 aromatic rings. The molecule has 4 heteroatoms. The lowest BCUT2D eigenvalue weighted by Crippen LogP contribution is -2.44. The molecule has 1 aliphatic heterocycles. The van der Waals surface area contributed by atoms with E-state index < -0.39 is 0 Å². The van der Waals surface area contributed by atoms with Gasteiger partial charge in [0.1, 0.15) is 0 Å². The Morgan fingerprint density at radius 1 is 1.40 bits per heavy atom. The summed E-state index contributed by atoms with van der Waals surface area (Å²) in [5.74, 6) is 0.699. The molecule has 1 aromatic heterocycles. The van der Waals surface area contributed by atoms with Crippen molar-refractivity contribution < 1.29 is 4.79 Å². The average molecular weight is 292 g/mol. The minimum atomic E-state index is 0.127. The predicted octanol–water partition coefficient (Wildman–Crippen LogP) is 2.74. The molecule has 3 rings (SSSR count). The van der Waals surface area contributed by atoms with Crippen LogP contribution in [-0.2, 0) is 12.8 Å². The SMILES string of the molecule is CC(NC(=O)c1cc2c(s1)CCCC2)C1CCCNC1. The molecule has 0 aromatic carbocycles. The minimum absolute atomic E-state index is 0.127. The highest BCUT2D eigenvalue weighted by molar-refractivity contribution is 7.14. The van der Waals surface area contributed by atoms with Crippen molar-refractivity contribution in [1.29, 1.82) is 0 Å². The number of hydrogen-bond donors (Lipinski definition) is 2. The highest BCUT2D eigenvalue weighted by atomic mass is 32.1. The van der Waals surface area contributed by atoms with Gasteiger partial charge < -0.3 is 10.6 Å². The molecule has 3 nitrogen and oxygen atoms in total. The minimum Gasteiger partial charge on any atom is -0.349 e. The second-order valence-corrected chi connectivity index (χ2v) is 7.27. The molecule has 0 bridgehead atoms. The Hall–Kier alpha value is -0.870. The van der Waals surface area contributed by atoms with Crippen molar-refractivity contribution >= 4 is 17.2 Å². The van der Waals surface area contributed by atoms with Crippen LogP contribution in [0.3, 0.4) is 0 Å². The highest BCUT2D eigenvalue weighted by Crippen LogP contribution is 2.29. The van der Waals surface area contributed by atoms with Crippen molar-refractivity contribution in [1.82, 2.24) is 10.6 Å². The Labute approximate surface area is 125 Å². The summed E-state index contributed by atoms with van der Waals surface area (Å²) in [4.78, 5) is 14.7. The topological polar surface area (TPSA) is 41.1 Å². The molecule has 2 unspecified atom stereocenters. The molecule has 0 saturated carbocycles. The molecular formula is C16H24N2OS. The van der Waals surface area contributed by atoms with E-state index in [9.17, 15) is 4.79 Å². The van der Waals surface area contributed by atoms with Crippen LogP contribution in [0, 0.1) is 5.92 Å². The summed E-state index contributed by atoms with van der Waals surface area (Å²) in [6.07, 6.45) is 7.30.